The molecule has 0 aliphatic carbocycles. The molecular formula is C21H28N2O5S. The molecule has 0 heterocycles. The highest BCUT2D eigenvalue weighted by Gasteiger charge is 2.23. The van der Waals surface area contributed by atoms with Crippen molar-refractivity contribution in [3.8, 4) is 11.5 Å². The maximum atomic E-state index is 12.7. The molecular weight excluding hydrogens is 392 g/mol. The Balaban J connectivity index is 2.21. The van der Waals surface area contributed by atoms with Gasteiger partial charge < -0.3 is 14.8 Å². The average molecular weight is 421 g/mol. The summed E-state index contributed by atoms with van der Waals surface area (Å²) in [5, 5.41) is 2.85. The van der Waals surface area contributed by atoms with Gasteiger partial charge in [-0.05, 0) is 55.7 Å². The summed E-state index contributed by atoms with van der Waals surface area (Å²) in [5.74, 6) is 0.741. The van der Waals surface area contributed by atoms with Crippen molar-refractivity contribution in [1.29, 1.82) is 0 Å². The van der Waals surface area contributed by atoms with Gasteiger partial charge in [-0.25, -0.2) is 8.42 Å². The number of carbonyl (C=O) groups excluding carboxylic acids is 1. The Labute approximate surface area is 172 Å². The highest BCUT2D eigenvalue weighted by atomic mass is 32.2. The van der Waals surface area contributed by atoms with Crippen molar-refractivity contribution in [1.82, 2.24) is 5.32 Å². The second kappa shape index (κ2) is 9.17. The van der Waals surface area contributed by atoms with E-state index in [1.54, 1.807) is 32.4 Å². The normalized spacial score (nSPS) is 12.2. The molecule has 1 N–H and O–H groups in total. The van der Waals surface area contributed by atoms with Gasteiger partial charge >= 0.3 is 0 Å². The third-order valence-corrected chi connectivity index (χ3v) is 5.73. The molecule has 0 aliphatic rings. The minimum atomic E-state index is -3.64. The number of nitrogens with one attached hydrogen (secondary N) is 1. The Morgan fingerprint density at radius 1 is 1.07 bits per heavy atom. The van der Waals surface area contributed by atoms with Crippen molar-refractivity contribution < 1.29 is 22.7 Å². The molecule has 1 amide bonds. The third kappa shape index (κ3) is 5.63. The Bertz CT molecular complexity index is 989. The van der Waals surface area contributed by atoms with Crippen LogP contribution in [-0.2, 0) is 14.8 Å². The number of sulfonamides is 1. The lowest BCUT2D eigenvalue weighted by molar-refractivity contribution is -0.120. The van der Waals surface area contributed by atoms with Crippen molar-refractivity contribution in [3.63, 3.8) is 0 Å². The van der Waals surface area contributed by atoms with Crippen LogP contribution in [0.3, 0.4) is 0 Å². The molecule has 0 aromatic heterocycles. The van der Waals surface area contributed by atoms with Crippen molar-refractivity contribution in [2.45, 2.75) is 26.8 Å². The fourth-order valence-electron chi connectivity index (χ4n) is 2.99. The van der Waals surface area contributed by atoms with Crippen LogP contribution in [0.25, 0.3) is 0 Å². The summed E-state index contributed by atoms with van der Waals surface area (Å²) < 4.78 is 36.4. The largest absolute Gasteiger partial charge is 0.493 e. The molecule has 8 heteroatoms. The van der Waals surface area contributed by atoms with E-state index in [4.69, 9.17) is 9.47 Å². The van der Waals surface area contributed by atoms with Crippen LogP contribution in [0.2, 0.25) is 0 Å². The van der Waals surface area contributed by atoms with Crippen LogP contribution >= 0.6 is 0 Å². The molecule has 0 bridgehead atoms. The SMILES string of the molecule is COc1ccc([C@@H](C)NC(=O)CN(c2cc(C)ccc2C)S(C)(=O)=O)cc1OC. The van der Waals surface area contributed by atoms with E-state index >= 15 is 0 Å². The molecule has 158 valence electrons. The summed E-state index contributed by atoms with van der Waals surface area (Å²) in [4.78, 5) is 12.7. The second-order valence-corrected chi connectivity index (χ2v) is 8.87. The second-order valence-electron chi connectivity index (χ2n) is 6.96. The van der Waals surface area contributed by atoms with Crippen molar-refractivity contribution in [2.75, 3.05) is 31.3 Å². The first kappa shape index (κ1) is 22.5. The van der Waals surface area contributed by atoms with E-state index in [-0.39, 0.29) is 12.6 Å². The molecule has 0 fully saturated rings. The van der Waals surface area contributed by atoms with Crippen LogP contribution in [-0.4, -0.2) is 41.3 Å². The number of anilines is 1. The van der Waals surface area contributed by atoms with Gasteiger partial charge in [0, 0.05) is 0 Å². The Morgan fingerprint density at radius 2 is 1.72 bits per heavy atom. The molecule has 29 heavy (non-hydrogen) atoms. The topological polar surface area (TPSA) is 84.9 Å². The molecule has 7 nitrogen and oxygen atoms in total. The zero-order valence-corrected chi connectivity index (χ0v) is 18.5. The van der Waals surface area contributed by atoms with Crippen molar-refractivity contribution >= 4 is 21.6 Å². The minimum Gasteiger partial charge on any atom is -0.493 e. The Kier molecular flexibility index (Phi) is 7.13. The predicted molar refractivity (Wildman–Crippen MR) is 114 cm³/mol. The summed E-state index contributed by atoms with van der Waals surface area (Å²) >= 11 is 0. The number of carbonyl (C=O) groups is 1. The van der Waals surface area contributed by atoms with E-state index < -0.39 is 15.9 Å². The van der Waals surface area contributed by atoms with Crippen molar-refractivity contribution in [2.24, 2.45) is 0 Å². The molecule has 0 saturated heterocycles. The quantitative estimate of drug-likeness (QED) is 0.710. The van der Waals surface area contributed by atoms with Crippen LogP contribution in [0.5, 0.6) is 11.5 Å². The lowest BCUT2D eigenvalue weighted by Gasteiger charge is -2.25. The standard InChI is InChI=1S/C21H28N2O5S/c1-14-7-8-15(2)18(11-14)23(29(6,25)26)13-21(24)22-16(3)17-9-10-19(27-4)20(12-17)28-5/h7-12,16H,13H2,1-6H3,(H,22,24)/t16-/m1/s1. The first-order valence-corrected chi connectivity index (χ1v) is 11.0. The summed E-state index contributed by atoms with van der Waals surface area (Å²) in [5.41, 5.74) is 3.01. The van der Waals surface area contributed by atoms with Gasteiger partial charge in [-0.3, -0.25) is 9.10 Å². The summed E-state index contributed by atoms with van der Waals surface area (Å²) in [6.07, 6.45) is 1.10. The molecule has 0 unspecified atom stereocenters. The molecule has 2 rings (SSSR count). The van der Waals surface area contributed by atoms with Crippen LogP contribution in [0, 0.1) is 13.8 Å². The Morgan fingerprint density at radius 3 is 2.31 bits per heavy atom. The van der Waals surface area contributed by atoms with Gasteiger partial charge in [0.1, 0.15) is 6.54 Å². The van der Waals surface area contributed by atoms with Gasteiger partial charge in [0.25, 0.3) is 0 Å². The van der Waals surface area contributed by atoms with Crippen LogP contribution in [0.1, 0.15) is 29.7 Å². The predicted octanol–water partition coefficient (Wildman–Crippen LogP) is 2.96. The van der Waals surface area contributed by atoms with E-state index in [1.807, 2.05) is 39.0 Å². The molecule has 0 radical (unpaired) electrons. The molecule has 2 aromatic rings. The number of benzene rings is 2. The van der Waals surface area contributed by atoms with E-state index in [0.717, 1.165) is 27.3 Å². The number of aryl methyl sites for hydroxylation is 2. The third-order valence-electron chi connectivity index (χ3n) is 4.61. The number of ether oxygens (including phenoxy) is 2. The maximum absolute atomic E-state index is 12.7. The van der Waals surface area contributed by atoms with Crippen LogP contribution in [0.15, 0.2) is 36.4 Å². The zero-order chi connectivity index (χ0) is 21.8. The van der Waals surface area contributed by atoms with E-state index in [9.17, 15) is 13.2 Å². The smallest absolute Gasteiger partial charge is 0.241 e. The number of nitrogens with zero attached hydrogens (tertiary/aromatic N) is 1. The molecule has 0 spiro atoms. The molecule has 0 aliphatic heterocycles. The lowest BCUT2D eigenvalue weighted by Crippen LogP contribution is -2.41. The van der Waals surface area contributed by atoms with Gasteiger partial charge in [0.15, 0.2) is 11.5 Å². The van der Waals surface area contributed by atoms with Crippen LogP contribution < -0.4 is 19.1 Å². The highest BCUT2D eigenvalue weighted by Crippen LogP contribution is 2.30. The molecule has 2 aromatic carbocycles. The van der Waals surface area contributed by atoms with Gasteiger partial charge in [-0.2, -0.15) is 0 Å². The number of amides is 1. The van der Waals surface area contributed by atoms with Gasteiger partial charge in [-0.15, -0.1) is 0 Å². The van der Waals surface area contributed by atoms with E-state index in [0.29, 0.717) is 17.2 Å². The molecule has 0 saturated carbocycles. The maximum Gasteiger partial charge on any atom is 0.241 e. The Hall–Kier alpha value is -2.74. The van der Waals surface area contributed by atoms with Gasteiger partial charge in [-0.1, -0.05) is 18.2 Å². The van der Waals surface area contributed by atoms with Crippen LogP contribution in [0.4, 0.5) is 5.69 Å². The molecule has 1 atom stereocenters. The summed E-state index contributed by atoms with van der Waals surface area (Å²) in [6.45, 7) is 5.21. The first-order chi connectivity index (χ1) is 13.6. The summed E-state index contributed by atoms with van der Waals surface area (Å²) in [7, 11) is -0.544. The number of methoxy groups -OCH3 is 2. The number of rotatable bonds is 8. The first-order valence-electron chi connectivity index (χ1n) is 9.13. The fraction of sp³-hybridized carbons (Fsp3) is 0.381. The minimum absolute atomic E-state index is 0.305. The number of hydrogen-bond acceptors (Lipinski definition) is 5. The monoisotopic (exact) mass is 420 g/mol. The van der Waals surface area contributed by atoms with Crippen molar-refractivity contribution in [3.05, 3.63) is 53.1 Å². The van der Waals surface area contributed by atoms with E-state index in [1.165, 1.54) is 0 Å². The zero-order valence-electron chi connectivity index (χ0n) is 17.6. The lowest BCUT2D eigenvalue weighted by atomic mass is 10.1. The van der Waals surface area contributed by atoms with E-state index in [2.05, 4.69) is 5.32 Å². The number of hydrogen-bond donors (Lipinski definition) is 1. The average Bonchev–Trinajstić information content (AvgIpc) is 2.66. The highest BCUT2D eigenvalue weighted by molar-refractivity contribution is 7.92. The van der Waals surface area contributed by atoms with Gasteiger partial charge in [0.2, 0.25) is 15.9 Å². The fourth-order valence-corrected chi connectivity index (χ4v) is 3.90. The summed E-state index contributed by atoms with van der Waals surface area (Å²) in [6, 6.07) is 10.5. The van der Waals surface area contributed by atoms with Gasteiger partial charge in [0.05, 0.1) is 32.2 Å².